The van der Waals surface area contributed by atoms with Gasteiger partial charge in [0.1, 0.15) is 0 Å². The second-order valence-electron chi connectivity index (χ2n) is 4.20. The third kappa shape index (κ3) is 4.10. The van der Waals surface area contributed by atoms with Crippen molar-refractivity contribution in [2.75, 3.05) is 13.6 Å². The van der Waals surface area contributed by atoms with Crippen LogP contribution >= 0.6 is 0 Å². The summed E-state index contributed by atoms with van der Waals surface area (Å²) in [5.74, 6) is 0. The normalized spacial score (nSPS) is 11.9. The van der Waals surface area contributed by atoms with Crippen LogP contribution in [0, 0.1) is 0 Å². The van der Waals surface area contributed by atoms with Crippen molar-refractivity contribution in [1.82, 2.24) is 10.2 Å². The maximum atomic E-state index is 11.7. The molecule has 0 radical (unpaired) electrons. The predicted octanol–water partition coefficient (Wildman–Crippen LogP) is 2.67. The van der Waals surface area contributed by atoms with Gasteiger partial charge in [0.25, 0.3) is 0 Å². The molecule has 0 saturated carbocycles. The van der Waals surface area contributed by atoms with Gasteiger partial charge in [0.2, 0.25) is 0 Å². The zero-order chi connectivity index (χ0) is 12.7. The van der Waals surface area contributed by atoms with Crippen molar-refractivity contribution >= 4 is 6.03 Å². The molecular weight excluding hydrogens is 212 g/mol. The van der Waals surface area contributed by atoms with E-state index in [0.717, 1.165) is 12.8 Å². The van der Waals surface area contributed by atoms with Crippen LogP contribution in [0.3, 0.4) is 0 Å². The third-order valence-corrected chi connectivity index (χ3v) is 2.98. The minimum atomic E-state index is 0.00952. The standard InChI is InChI=1S/C14H22N2O/c1-4-13(16(3)14(17)15-5-2)11-12-9-7-6-8-10-12/h6-10,13H,4-5,11H2,1-3H3,(H,15,17)/t13-/m0/s1. The van der Waals surface area contributed by atoms with Gasteiger partial charge in [-0.1, -0.05) is 37.3 Å². The Labute approximate surface area is 104 Å². The maximum absolute atomic E-state index is 11.7. The van der Waals surface area contributed by atoms with Gasteiger partial charge >= 0.3 is 6.03 Å². The SMILES string of the molecule is CCNC(=O)N(C)[C@@H](CC)Cc1ccccc1. The first-order chi connectivity index (χ1) is 8.19. The highest BCUT2D eigenvalue weighted by Gasteiger charge is 2.17. The highest BCUT2D eigenvalue weighted by molar-refractivity contribution is 5.74. The number of carbonyl (C=O) groups is 1. The summed E-state index contributed by atoms with van der Waals surface area (Å²) in [6, 6.07) is 10.6. The molecule has 0 aliphatic rings. The molecule has 1 rings (SSSR count). The summed E-state index contributed by atoms with van der Waals surface area (Å²) in [6.07, 6.45) is 1.87. The molecule has 0 fully saturated rings. The average Bonchev–Trinajstić information content (AvgIpc) is 2.36. The van der Waals surface area contributed by atoms with Crippen molar-refractivity contribution < 1.29 is 4.79 Å². The van der Waals surface area contributed by atoms with E-state index in [1.807, 2.05) is 32.2 Å². The number of nitrogens with one attached hydrogen (secondary N) is 1. The van der Waals surface area contributed by atoms with E-state index in [0.29, 0.717) is 6.54 Å². The fraction of sp³-hybridized carbons (Fsp3) is 0.500. The van der Waals surface area contributed by atoms with Crippen LogP contribution in [0.4, 0.5) is 4.79 Å². The summed E-state index contributed by atoms with van der Waals surface area (Å²) in [7, 11) is 1.86. The molecule has 3 heteroatoms. The predicted molar refractivity (Wildman–Crippen MR) is 71.1 cm³/mol. The van der Waals surface area contributed by atoms with Crippen molar-refractivity contribution in [3.05, 3.63) is 35.9 Å². The minimum absolute atomic E-state index is 0.00952. The smallest absolute Gasteiger partial charge is 0.317 e. The molecule has 0 heterocycles. The molecule has 1 aromatic carbocycles. The monoisotopic (exact) mass is 234 g/mol. The van der Waals surface area contributed by atoms with E-state index in [1.165, 1.54) is 5.56 Å². The number of hydrogen-bond acceptors (Lipinski definition) is 1. The molecule has 0 spiro atoms. The Morgan fingerprint density at radius 1 is 1.29 bits per heavy atom. The van der Waals surface area contributed by atoms with Gasteiger partial charge in [-0.15, -0.1) is 0 Å². The van der Waals surface area contributed by atoms with Crippen molar-refractivity contribution in [2.45, 2.75) is 32.7 Å². The Hall–Kier alpha value is -1.51. The van der Waals surface area contributed by atoms with Crippen LogP contribution in [-0.2, 0) is 6.42 Å². The lowest BCUT2D eigenvalue weighted by Gasteiger charge is -2.27. The van der Waals surface area contributed by atoms with E-state index in [4.69, 9.17) is 0 Å². The Kier molecular flexibility index (Phi) is 5.53. The summed E-state index contributed by atoms with van der Waals surface area (Å²) in [5, 5.41) is 2.83. The van der Waals surface area contributed by atoms with Crippen molar-refractivity contribution in [1.29, 1.82) is 0 Å². The van der Waals surface area contributed by atoms with Crippen LogP contribution in [0.1, 0.15) is 25.8 Å². The molecule has 0 bridgehead atoms. The molecule has 1 aromatic rings. The van der Waals surface area contributed by atoms with Crippen LogP contribution < -0.4 is 5.32 Å². The maximum Gasteiger partial charge on any atom is 0.317 e. The van der Waals surface area contributed by atoms with Gasteiger partial charge in [-0.05, 0) is 25.3 Å². The summed E-state index contributed by atoms with van der Waals surface area (Å²) in [6.45, 7) is 4.72. The molecule has 0 aliphatic carbocycles. The van der Waals surface area contributed by atoms with Gasteiger partial charge in [-0.2, -0.15) is 0 Å². The third-order valence-electron chi connectivity index (χ3n) is 2.98. The second kappa shape index (κ2) is 6.94. The van der Waals surface area contributed by atoms with Gasteiger partial charge in [0.15, 0.2) is 0 Å². The number of rotatable bonds is 5. The van der Waals surface area contributed by atoms with E-state index >= 15 is 0 Å². The average molecular weight is 234 g/mol. The molecule has 0 aromatic heterocycles. The van der Waals surface area contributed by atoms with Crippen LogP contribution in [0.5, 0.6) is 0 Å². The number of nitrogens with zero attached hydrogens (tertiary/aromatic N) is 1. The summed E-state index contributed by atoms with van der Waals surface area (Å²) in [5.41, 5.74) is 1.27. The van der Waals surface area contributed by atoms with Crippen molar-refractivity contribution in [3.8, 4) is 0 Å². The van der Waals surface area contributed by atoms with Crippen LogP contribution in [0.25, 0.3) is 0 Å². The first kappa shape index (κ1) is 13.6. The lowest BCUT2D eigenvalue weighted by Crippen LogP contribution is -2.44. The summed E-state index contributed by atoms with van der Waals surface area (Å²) >= 11 is 0. The topological polar surface area (TPSA) is 32.3 Å². The molecule has 1 atom stereocenters. The van der Waals surface area contributed by atoms with Gasteiger partial charge in [0, 0.05) is 19.6 Å². The van der Waals surface area contributed by atoms with Gasteiger partial charge in [-0.25, -0.2) is 4.79 Å². The Bertz CT molecular complexity index is 337. The molecule has 17 heavy (non-hydrogen) atoms. The molecule has 1 N–H and O–H groups in total. The second-order valence-corrected chi connectivity index (χ2v) is 4.20. The van der Waals surface area contributed by atoms with Crippen molar-refractivity contribution in [3.63, 3.8) is 0 Å². The fourth-order valence-electron chi connectivity index (χ4n) is 1.88. The zero-order valence-electron chi connectivity index (χ0n) is 10.9. The van der Waals surface area contributed by atoms with Crippen LogP contribution in [0.2, 0.25) is 0 Å². The molecule has 94 valence electrons. The van der Waals surface area contributed by atoms with E-state index in [9.17, 15) is 4.79 Å². The first-order valence-corrected chi connectivity index (χ1v) is 6.23. The van der Waals surface area contributed by atoms with Crippen molar-refractivity contribution in [2.24, 2.45) is 0 Å². The molecule has 3 nitrogen and oxygen atoms in total. The zero-order valence-corrected chi connectivity index (χ0v) is 10.9. The van der Waals surface area contributed by atoms with Gasteiger partial charge in [0.05, 0.1) is 0 Å². The quantitative estimate of drug-likeness (QED) is 0.834. The lowest BCUT2D eigenvalue weighted by molar-refractivity contribution is 0.188. The van der Waals surface area contributed by atoms with Gasteiger partial charge in [-0.3, -0.25) is 0 Å². The highest BCUT2D eigenvalue weighted by Crippen LogP contribution is 2.10. The number of carbonyl (C=O) groups excluding carboxylic acids is 1. The first-order valence-electron chi connectivity index (χ1n) is 6.23. The van der Waals surface area contributed by atoms with E-state index in [1.54, 1.807) is 4.90 Å². The highest BCUT2D eigenvalue weighted by atomic mass is 16.2. The number of amides is 2. The Morgan fingerprint density at radius 3 is 2.47 bits per heavy atom. The molecular formula is C14H22N2O. The fourth-order valence-corrected chi connectivity index (χ4v) is 1.88. The summed E-state index contributed by atoms with van der Waals surface area (Å²) < 4.78 is 0. The number of benzene rings is 1. The van der Waals surface area contributed by atoms with E-state index < -0.39 is 0 Å². The molecule has 0 saturated heterocycles. The largest absolute Gasteiger partial charge is 0.338 e. The van der Waals surface area contributed by atoms with E-state index in [-0.39, 0.29) is 12.1 Å². The van der Waals surface area contributed by atoms with Crippen LogP contribution in [-0.4, -0.2) is 30.6 Å². The number of likely N-dealkylation sites (N-methyl/N-ethyl adjacent to an activating group) is 1. The number of hydrogen-bond donors (Lipinski definition) is 1. The van der Waals surface area contributed by atoms with Gasteiger partial charge < -0.3 is 10.2 Å². The minimum Gasteiger partial charge on any atom is -0.338 e. The van der Waals surface area contributed by atoms with E-state index in [2.05, 4.69) is 24.4 Å². The summed E-state index contributed by atoms with van der Waals surface area (Å²) in [4.78, 5) is 13.6. The molecule has 0 aliphatic heterocycles. The van der Waals surface area contributed by atoms with Crippen LogP contribution in [0.15, 0.2) is 30.3 Å². The lowest BCUT2D eigenvalue weighted by atomic mass is 10.0. The molecule has 0 unspecified atom stereocenters. The molecule has 2 amide bonds. The Morgan fingerprint density at radius 2 is 1.94 bits per heavy atom. The Balaban J connectivity index is 2.62. The number of urea groups is 1.